The van der Waals surface area contributed by atoms with E-state index in [0.717, 1.165) is 15.7 Å². The molecular weight excluding hydrogens is 308 g/mol. The predicted molar refractivity (Wildman–Crippen MR) is 79.5 cm³/mol. The molecule has 1 fully saturated rings. The first-order valence-electron chi connectivity index (χ1n) is 6.44. The Morgan fingerprint density at radius 3 is 2.68 bits per heavy atom. The predicted octanol–water partition coefficient (Wildman–Crippen LogP) is 2.34. The number of hydrogen-bond acceptors (Lipinski definition) is 3. The Kier molecular flexibility index (Phi) is 4.82. The van der Waals surface area contributed by atoms with Crippen molar-refractivity contribution in [3.05, 3.63) is 27.7 Å². The van der Waals surface area contributed by atoms with Crippen LogP contribution in [0.3, 0.4) is 0 Å². The molecule has 2 rings (SSSR count). The highest BCUT2D eigenvalue weighted by Crippen LogP contribution is 2.27. The van der Waals surface area contributed by atoms with Crippen LogP contribution in [0.2, 0.25) is 0 Å². The van der Waals surface area contributed by atoms with Gasteiger partial charge in [0.25, 0.3) is 0 Å². The van der Waals surface area contributed by atoms with Crippen LogP contribution in [0.1, 0.15) is 11.1 Å². The molecule has 1 aromatic carbocycles. The highest BCUT2D eigenvalue weighted by atomic mass is 79.9. The van der Waals surface area contributed by atoms with Gasteiger partial charge in [-0.3, -0.25) is 4.79 Å². The third kappa shape index (κ3) is 3.70. The van der Waals surface area contributed by atoms with Crippen molar-refractivity contribution < 1.29 is 9.53 Å². The van der Waals surface area contributed by atoms with Crippen molar-refractivity contribution in [2.45, 2.75) is 13.8 Å². The number of carbonyl (C=O) groups is 1. The Morgan fingerprint density at radius 1 is 1.37 bits per heavy atom. The Labute approximate surface area is 122 Å². The molecule has 4 nitrogen and oxygen atoms in total. The van der Waals surface area contributed by atoms with E-state index in [1.54, 1.807) is 0 Å². The maximum atomic E-state index is 12.1. The van der Waals surface area contributed by atoms with Gasteiger partial charge in [-0.05, 0) is 47.0 Å². The summed E-state index contributed by atoms with van der Waals surface area (Å²) in [6.45, 7) is 7.07. The molecule has 0 saturated carbocycles. The maximum Gasteiger partial charge on any atom is 0.242 e. The first kappa shape index (κ1) is 14.3. The quantitative estimate of drug-likeness (QED) is 0.926. The van der Waals surface area contributed by atoms with Crippen molar-refractivity contribution in [3.8, 4) is 0 Å². The maximum absolute atomic E-state index is 12.1. The van der Waals surface area contributed by atoms with Gasteiger partial charge in [0.15, 0.2) is 0 Å². The fourth-order valence-electron chi connectivity index (χ4n) is 2.23. The van der Waals surface area contributed by atoms with Crippen molar-refractivity contribution in [1.82, 2.24) is 4.90 Å². The Morgan fingerprint density at radius 2 is 2.05 bits per heavy atom. The van der Waals surface area contributed by atoms with Gasteiger partial charge < -0.3 is 15.0 Å². The largest absolute Gasteiger partial charge is 0.378 e. The molecule has 0 unspecified atom stereocenters. The van der Waals surface area contributed by atoms with Gasteiger partial charge in [-0.25, -0.2) is 0 Å². The average Bonchev–Trinajstić information content (AvgIpc) is 2.38. The van der Waals surface area contributed by atoms with E-state index < -0.39 is 0 Å². The number of amides is 1. The molecule has 5 heteroatoms. The summed E-state index contributed by atoms with van der Waals surface area (Å²) in [6, 6.07) is 4.15. The number of anilines is 1. The summed E-state index contributed by atoms with van der Waals surface area (Å²) < 4.78 is 6.24. The third-order valence-corrected chi connectivity index (χ3v) is 3.84. The van der Waals surface area contributed by atoms with E-state index in [9.17, 15) is 4.79 Å². The van der Waals surface area contributed by atoms with Gasteiger partial charge in [0, 0.05) is 17.6 Å². The van der Waals surface area contributed by atoms with Crippen LogP contribution in [0.5, 0.6) is 0 Å². The number of nitrogens with one attached hydrogen (secondary N) is 1. The Hall–Kier alpha value is -1.07. The van der Waals surface area contributed by atoms with Crippen molar-refractivity contribution in [2.75, 3.05) is 38.2 Å². The van der Waals surface area contributed by atoms with E-state index in [1.807, 2.05) is 11.8 Å². The normalized spacial score (nSPS) is 15.4. The van der Waals surface area contributed by atoms with Crippen LogP contribution in [-0.4, -0.2) is 43.7 Å². The van der Waals surface area contributed by atoms with E-state index in [0.29, 0.717) is 32.8 Å². The van der Waals surface area contributed by atoms with Crippen LogP contribution in [0.4, 0.5) is 5.69 Å². The Balaban J connectivity index is 1.96. The molecule has 1 heterocycles. The van der Waals surface area contributed by atoms with Crippen LogP contribution >= 0.6 is 15.9 Å². The van der Waals surface area contributed by atoms with Gasteiger partial charge >= 0.3 is 0 Å². The van der Waals surface area contributed by atoms with E-state index in [-0.39, 0.29) is 5.91 Å². The van der Waals surface area contributed by atoms with Gasteiger partial charge in [0.05, 0.1) is 25.4 Å². The summed E-state index contributed by atoms with van der Waals surface area (Å²) in [7, 11) is 0. The van der Waals surface area contributed by atoms with Crippen LogP contribution in [0.15, 0.2) is 16.6 Å². The number of nitrogens with zero attached hydrogens (tertiary/aromatic N) is 1. The summed E-state index contributed by atoms with van der Waals surface area (Å²) in [6.07, 6.45) is 0. The van der Waals surface area contributed by atoms with E-state index >= 15 is 0 Å². The smallest absolute Gasteiger partial charge is 0.242 e. The molecule has 1 N–H and O–H groups in total. The van der Waals surface area contributed by atoms with Gasteiger partial charge in [0.1, 0.15) is 0 Å². The summed E-state index contributed by atoms with van der Waals surface area (Å²) in [5.41, 5.74) is 3.34. The van der Waals surface area contributed by atoms with Crippen LogP contribution in [-0.2, 0) is 9.53 Å². The van der Waals surface area contributed by atoms with Gasteiger partial charge in [-0.15, -0.1) is 0 Å². The lowest BCUT2D eigenvalue weighted by atomic mass is 10.1. The molecule has 0 aliphatic carbocycles. The minimum absolute atomic E-state index is 0.121. The zero-order valence-electron chi connectivity index (χ0n) is 11.3. The molecule has 1 aromatic rings. The molecule has 104 valence electrons. The first-order chi connectivity index (χ1) is 9.08. The number of halogens is 1. The monoisotopic (exact) mass is 326 g/mol. The number of morpholine rings is 1. The molecule has 19 heavy (non-hydrogen) atoms. The highest BCUT2D eigenvalue weighted by Gasteiger charge is 2.17. The minimum atomic E-state index is 0.121. The van der Waals surface area contributed by atoms with E-state index in [4.69, 9.17) is 4.74 Å². The number of carbonyl (C=O) groups excluding carboxylic acids is 1. The average molecular weight is 327 g/mol. The molecular formula is C14H19BrN2O2. The van der Waals surface area contributed by atoms with Crippen LogP contribution < -0.4 is 5.32 Å². The molecule has 1 amide bonds. The molecule has 1 saturated heterocycles. The van der Waals surface area contributed by atoms with Crippen LogP contribution in [0, 0.1) is 13.8 Å². The topological polar surface area (TPSA) is 41.6 Å². The fourth-order valence-corrected chi connectivity index (χ4v) is 3.04. The van der Waals surface area contributed by atoms with Gasteiger partial charge in [-0.2, -0.15) is 0 Å². The zero-order chi connectivity index (χ0) is 13.8. The molecule has 1 aliphatic rings. The standard InChI is InChI=1S/C14H19BrN2O2/c1-10-7-11(2)14(12(15)8-10)16-9-13(18)17-3-5-19-6-4-17/h7-8,16H,3-6,9H2,1-2H3. The molecule has 1 aliphatic heterocycles. The summed E-state index contributed by atoms with van der Waals surface area (Å²) in [4.78, 5) is 13.9. The molecule has 0 aromatic heterocycles. The fraction of sp³-hybridized carbons (Fsp3) is 0.500. The SMILES string of the molecule is Cc1cc(C)c(NCC(=O)N2CCOCC2)c(Br)c1. The second-order valence-corrected chi connectivity index (χ2v) is 5.64. The molecule has 0 atom stereocenters. The second-order valence-electron chi connectivity index (χ2n) is 4.79. The second kappa shape index (κ2) is 6.39. The molecule has 0 spiro atoms. The number of rotatable bonds is 3. The Bertz CT molecular complexity index is 448. The van der Waals surface area contributed by atoms with Crippen molar-refractivity contribution in [2.24, 2.45) is 0 Å². The minimum Gasteiger partial charge on any atom is -0.378 e. The number of aryl methyl sites for hydroxylation is 2. The van der Waals surface area contributed by atoms with E-state index in [2.05, 4.69) is 40.3 Å². The van der Waals surface area contributed by atoms with Gasteiger partial charge in [-0.1, -0.05) is 6.07 Å². The summed E-state index contributed by atoms with van der Waals surface area (Å²) >= 11 is 3.54. The lowest BCUT2D eigenvalue weighted by molar-refractivity contribution is -0.133. The van der Waals surface area contributed by atoms with E-state index in [1.165, 1.54) is 5.56 Å². The molecule has 0 radical (unpaired) electrons. The lowest BCUT2D eigenvalue weighted by Crippen LogP contribution is -2.43. The number of hydrogen-bond donors (Lipinski definition) is 1. The van der Waals surface area contributed by atoms with Crippen molar-refractivity contribution in [3.63, 3.8) is 0 Å². The zero-order valence-corrected chi connectivity index (χ0v) is 12.9. The summed E-state index contributed by atoms with van der Waals surface area (Å²) in [5, 5.41) is 3.23. The lowest BCUT2D eigenvalue weighted by Gasteiger charge is -2.27. The molecule has 0 bridgehead atoms. The van der Waals surface area contributed by atoms with Crippen molar-refractivity contribution >= 4 is 27.5 Å². The number of benzene rings is 1. The van der Waals surface area contributed by atoms with Crippen molar-refractivity contribution in [1.29, 1.82) is 0 Å². The van der Waals surface area contributed by atoms with Crippen LogP contribution in [0.25, 0.3) is 0 Å². The number of ether oxygens (including phenoxy) is 1. The summed E-state index contributed by atoms with van der Waals surface area (Å²) in [5.74, 6) is 0.121. The third-order valence-electron chi connectivity index (χ3n) is 3.21. The first-order valence-corrected chi connectivity index (χ1v) is 7.23. The van der Waals surface area contributed by atoms with Gasteiger partial charge in [0.2, 0.25) is 5.91 Å². The highest BCUT2D eigenvalue weighted by molar-refractivity contribution is 9.10.